The van der Waals surface area contributed by atoms with Gasteiger partial charge in [-0.05, 0) is 63.3 Å². The van der Waals surface area contributed by atoms with Crippen LogP contribution in [0, 0.1) is 11.3 Å². The minimum absolute atomic E-state index is 0. The monoisotopic (exact) mass is 528 g/mol. The quantitative estimate of drug-likeness (QED) is 0.483. The molecule has 0 atom stereocenters. The van der Waals surface area contributed by atoms with Crippen LogP contribution in [0.25, 0.3) is 5.73 Å². The molecular weight excluding hydrogens is 493 g/mol. The average molecular weight is 528 g/mol. The SMILES string of the molecule is CC1(C)OCC([NH-])(CCc2ccc(OCCCc3ccccc3)c(C#N)c2)CO1.CCO.[Y]. The Balaban J connectivity index is 0.00000129. The number of aryl methyl sites for hydroxylation is 2. The summed E-state index contributed by atoms with van der Waals surface area (Å²) in [5.41, 5.74) is 10.6. The zero-order valence-electron chi connectivity index (χ0n) is 20.0. The van der Waals surface area contributed by atoms with Crippen LogP contribution in [0.1, 0.15) is 50.3 Å². The van der Waals surface area contributed by atoms with E-state index in [1.807, 2.05) is 50.2 Å². The van der Waals surface area contributed by atoms with Crippen LogP contribution < -0.4 is 4.74 Å². The van der Waals surface area contributed by atoms with Crippen LogP contribution in [0.15, 0.2) is 48.5 Å². The van der Waals surface area contributed by atoms with Crippen LogP contribution in [0.4, 0.5) is 0 Å². The fourth-order valence-electron chi connectivity index (χ4n) is 3.28. The summed E-state index contributed by atoms with van der Waals surface area (Å²) < 4.78 is 17.1. The molecule has 0 aromatic heterocycles. The Kier molecular flexibility index (Phi) is 13.4. The van der Waals surface area contributed by atoms with Crippen molar-refractivity contribution < 1.29 is 52.0 Å². The number of nitrogens with one attached hydrogen (secondary N) is 1. The molecule has 0 amide bonds. The largest absolute Gasteiger partial charge is 0.668 e. The van der Waals surface area contributed by atoms with E-state index in [1.165, 1.54) is 5.56 Å². The topological polar surface area (TPSA) is 95.5 Å². The van der Waals surface area contributed by atoms with E-state index in [0.717, 1.165) is 18.4 Å². The standard InChI is InChI=1S/C24H29N2O3.C2H6O.Y/c1-23(2)28-17-24(26,18-29-23)13-12-20-10-11-22(21(15-20)16-25)27-14-6-9-19-7-4-3-5-8-19;1-2-3;/h3-5,7-8,10-11,15,26H,6,9,12-14,17-18H2,1-2H3;3H,2H2,1H3;/q-1;;. The van der Waals surface area contributed by atoms with Gasteiger partial charge in [-0.3, -0.25) is 0 Å². The number of hydrogen-bond donors (Lipinski definition) is 1. The smallest absolute Gasteiger partial charge is 0.162 e. The maximum Gasteiger partial charge on any atom is 0.162 e. The van der Waals surface area contributed by atoms with E-state index >= 15 is 0 Å². The van der Waals surface area contributed by atoms with Gasteiger partial charge in [0.05, 0.1) is 12.2 Å². The van der Waals surface area contributed by atoms with Gasteiger partial charge in [0.25, 0.3) is 0 Å². The predicted octanol–water partition coefficient (Wildman–Crippen LogP) is 5.07. The molecule has 0 bridgehead atoms. The van der Waals surface area contributed by atoms with Gasteiger partial charge in [0, 0.05) is 52.5 Å². The van der Waals surface area contributed by atoms with E-state index in [4.69, 9.17) is 25.1 Å². The van der Waals surface area contributed by atoms with Crippen LogP contribution in [-0.2, 0) is 55.0 Å². The molecule has 177 valence electrons. The first-order valence-electron chi connectivity index (χ1n) is 11.1. The Morgan fingerprint density at radius 3 is 2.30 bits per heavy atom. The molecule has 1 radical (unpaired) electrons. The second kappa shape index (κ2) is 14.8. The zero-order valence-corrected chi connectivity index (χ0v) is 22.8. The molecule has 1 saturated heterocycles. The third-order valence-electron chi connectivity index (χ3n) is 5.16. The van der Waals surface area contributed by atoms with Gasteiger partial charge in [-0.2, -0.15) is 5.26 Å². The third kappa shape index (κ3) is 10.6. The molecule has 6 nitrogen and oxygen atoms in total. The number of hydrogen-bond acceptors (Lipinski definition) is 5. The maximum absolute atomic E-state index is 9.50. The third-order valence-corrected chi connectivity index (χ3v) is 5.16. The summed E-state index contributed by atoms with van der Waals surface area (Å²) in [6.45, 7) is 6.94. The second-order valence-electron chi connectivity index (χ2n) is 8.45. The number of aliphatic hydroxyl groups excluding tert-OH is 1. The van der Waals surface area contributed by atoms with Crippen molar-refractivity contribution in [1.29, 1.82) is 5.26 Å². The van der Waals surface area contributed by atoms with Crippen molar-refractivity contribution >= 4 is 0 Å². The zero-order chi connectivity index (χ0) is 23.5. The van der Waals surface area contributed by atoms with Crippen LogP contribution in [0.2, 0.25) is 0 Å². The Bertz CT molecular complexity index is 858. The summed E-state index contributed by atoms with van der Waals surface area (Å²) in [7, 11) is 0. The van der Waals surface area contributed by atoms with Gasteiger partial charge in [0.2, 0.25) is 0 Å². The molecule has 1 aliphatic heterocycles. The number of ether oxygens (including phenoxy) is 3. The van der Waals surface area contributed by atoms with Gasteiger partial charge in [-0.15, -0.1) is 0 Å². The van der Waals surface area contributed by atoms with Crippen LogP contribution in [0.5, 0.6) is 5.75 Å². The average Bonchev–Trinajstić information content (AvgIpc) is 2.79. The number of nitriles is 1. The van der Waals surface area contributed by atoms with Crippen molar-refractivity contribution in [1.82, 2.24) is 0 Å². The summed E-state index contributed by atoms with van der Waals surface area (Å²) >= 11 is 0. The van der Waals surface area contributed by atoms with Crippen LogP contribution in [-0.4, -0.2) is 42.9 Å². The predicted molar refractivity (Wildman–Crippen MR) is 126 cm³/mol. The van der Waals surface area contributed by atoms with Crippen molar-refractivity contribution in [2.75, 3.05) is 26.4 Å². The normalized spacial score (nSPS) is 15.9. The van der Waals surface area contributed by atoms with E-state index in [1.54, 1.807) is 6.92 Å². The number of aliphatic hydroxyl groups is 1. The van der Waals surface area contributed by atoms with Crippen molar-refractivity contribution in [3.05, 3.63) is 71.0 Å². The molecule has 1 heterocycles. The first-order valence-corrected chi connectivity index (χ1v) is 11.1. The molecule has 0 unspecified atom stereocenters. The van der Waals surface area contributed by atoms with E-state index in [-0.39, 0.29) is 39.3 Å². The summed E-state index contributed by atoms with van der Waals surface area (Å²) in [5, 5.41) is 17.1. The minimum atomic E-state index is -0.755. The molecule has 2 aromatic carbocycles. The van der Waals surface area contributed by atoms with E-state index in [9.17, 15) is 5.26 Å². The fourth-order valence-corrected chi connectivity index (χ4v) is 3.28. The van der Waals surface area contributed by atoms with Gasteiger partial charge in [0.15, 0.2) is 5.79 Å². The van der Waals surface area contributed by atoms with E-state index in [2.05, 4.69) is 18.2 Å². The molecule has 33 heavy (non-hydrogen) atoms. The van der Waals surface area contributed by atoms with Gasteiger partial charge in [0.1, 0.15) is 11.8 Å². The van der Waals surface area contributed by atoms with Crippen LogP contribution in [0.3, 0.4) is 0 Å². The Hall–Kier alpha value is -1.33. The Morgan fingerprint density at radius 1 is 1.06 bits per heavy atom. The molecule has 2 N–H and O–H groups in total. The van der Waals surface area contributed by atoms with Crippen molar-refractivity contribution in [3.63, 3.8) is 0 Å². The molecule has 7 heteroatoms. The van der Waals surface area contributed by atoms with E-state index < -0.39 is 11.3 Å². The summed E-state index contributed by atoms with van der Waals surface area (Å²) in [6, 6.07) is 18.2. The summed E-state index contributed by atoms with van der Waals surface area (Å²) in [6.07, 6.45) is 3.16. The van der Waals surface area contributed by atoms with Gasteiger partial charge < -0.3 is 25.1 Å². The van der Waals surface area contributed by atoms with Gasteiger partial charge >= 0.3 is 0 Å². The van der Waals surface area contributed by atoms with Crippen molar-refractivity contribution in [2.45, 2.75) is 57.8 Å². The molecule has 0 aliphatic carbocycles. The molecule has 2 aromatic rings. The number of rotatable bonds is 8. The Labute approximate surface area is 223 Å². The van der Waals surface area contributed by atoms with Gasteiger partial charge in [-0.1, -0.05) is 48.4 Å². The second-order valence-corrected chi connectivity index (χ2v) is 8.45. The molecule has 1 aliphatic rings. The molecular formula is C26H35N2O4Y-. The fraction of sp³-hybridized carbons (Fsp3) is 0.500. The molecule has 0 saturated carbocycles. The summed E-state index contributed by atoms with van der Waals surface area (Å²) in [5.74, 6) is 0.00821. The van der Waals surface area contributed by atoms with E-state index in [0.29, 0.717) is 44.0 Å². The van der Waals surface area contributed by atoms with Crippen LogP contribution >= 0.6 is 0 Å². The minimum Gasteiger partial charge on any atom is -0.668 e. The van der Waals surface area contributed by atoms with Gasteiger partial charge in [-0.25, -0.2) is 0 Å². The van der Waals surface area contributed by atoms with Crippen molar-refractivity contribution in [2.24, 2.45) is 0 Å². The first kappa shape index (κ1) is 29.7. The summed E-state index contributed by atoms with van der Waals surface area (Å²) in [4.78, 5) is 0. The number of benzene rings is 2. The maximum atomic E-state index is 9.50. The molecule has 1 fully saturated rings. The number of nitrogens with zero attached hydrogens (tertiary/aromatic N) is 1. The molecule has 0 spiro atoms. The molecule has 3 rings (SSSR count). The Morgan fingerprint density at radius 2 is 1.70 bits per heavy atom. The first-order chi connectivity index (χ1) is 15.3. The van der Waals surface area contributed by atoms with Crippen molar-refractivity contribution in [3.8, 4) is 11.8 Å².